The molecule has 2 fully saturated rings. The second-order valence-corrected chi connectivity index (χ2v) is 8.40. The zero-order valence-electron chi connectivity index (χ0n) is 18.5. The monoisotopic (exact) mass is 472 g/mol. The molecule has 11 heteroatoms. The van der Waals surface area contributed by atoms with Crippen molar-refractivity contribution in [1.82, 2.24) is 20.2 Å². The number of aryl methyl sites for hydroxylation is 1. The summed E-state index contributed by atoms with van der Waals surface area (Å²) in [6.07, 6.45) is 2.33. The van der Waals surface area contributed by atoms with Crippen molar-refractivity contribution in [2.45, 2.75) is 20.0 Å². The number of anilines is 2. The van der Waals surface area contributed by atoms with Crippen molar-refractivity contribution < 1.29 is 18.7 Å². The highest BCUT2D eigenvalue weighted by Gasteiger charge is 2.33. The van der Waals surface area contributed by atoms with Gasteiger partial charge in [-0.25, -0.2) is 9.18 Å². The van der Waals surface area contributed by atoms with Gasteiger partial charge in [0, 0.05) is 39.3 Å². The molecule has 2 aliphatic heterocycles. The van der Waals surface area contributed by atoms with Crippen LogP contribution in [-0.2, 0) is 9.53 Å². The molecule has 2 amide bonds. The molecule has 1 aromatic heterocycles. The number of halogens is 1. The Hall–Kier alpha value is -3.34. The van der Waals surface area contributed by atoms with Crippen molar-refractivity contribution in [2.24, 2.45) is 0 Å². The Balaban J connectivity index is 1.37. The van der Waals surface area contributed by atoms with Crippen molar-refractivity contribution in [2.75, 3.05) is 49.1 Å². The molecule has 0 radical (unpaired) electrons. The summed E-state index contributed by atoms with van der Waals surface area (Å²) in [5.41, 5.74) is 2.38. The van der Waals surface area contributed by atoms with Crippen molar-refractivity contribution in [3.8, 4) is 0 Å². The van der Waals surface area contributed by atoms with Crippen LogP contribution in [0.3, 0.4) is 0 Å². The number of nitrogens with zero attached hydrogens (tertiary/aromatic N) is 5. The van der Waals surface area contributed by atoms with Crippen molar-refractivity contribution in [3.05, 3.63) is 47.8 Å². The highest BCUT2D eigenvalue weighted by molar-refractivity contribution is 7.80. The number of hydrogen-bond acceptors (Lipinski definition) is 7. The molecule has 2 aromatic rings. The predicted octanol–water partition coefficient (Wildman–Crippen LogP) is 1.88. The normalized spacial score (nSPS) is 18.3. The molecule has 4 rings (SSSR count). The molecule has 0 spiro atoms. The Morgan fingerprint density at radius 1 is 1.24 bits per heavy atom. The molecule has 0 saturated carbocycles. The molecule has 2 saturated heterocycles. The van der Waals surface area contributed by atoms with Gasteiger partial charge in [0.05, 0.1) is 36.4 Å². The van der Waals surface area contributed by atoms with E-state index in [0.29, 0.717) is 48.2 Å². The van der Waals surface area contributed by atoms with Gasteiger partial charge in [0.1, 0.15) is 22.6 Å². The third kappa shape index (κ3) is 5.19. The first-order valence-corrected chi connectivity index (χ1v) is 11.1. The van der Waals surface area contributed by atoms with E-state index in [9.17, 15) is 14.0 Å². The van der Waals surface area contributed by atoms with Crippen molar-refractivity contribution >= 4 is 40.6 Å². The van der Waals surface area contributed by atoms with E-state index < -0.39 is 18.0 Å². The Bertz CT molecular complexity index is 1060. The van der Waals surface area contributed by atoms with Gasteiger partial charge in [0.25, 0.3) is 0 Å². The van der Waals surface area contributed by atoms with Gasteiger partial charge in [0.15, 0.2) is 0 Å². The Morgan fingerprint density at radius 2 is 2.00 bits per heavy atom. The maximum absolute atomic E-state index is 15.0. The fourth-order valence-electron chi connectivity index (χ4n) is 3.83. The van der Waals surface area contributed by atoms with Crippen LogP contribution in [0.2, 0.25) is 0 Å². The summed E-state index contributed by atoms with van der Waals surface area (Å²) in [5.74, 6) is -0.612. The number of piperazine rings is 1. The molecule has 3 heterocycles. The number of rotatable bonds is 5. The van der Waals surface area contributed by atoms with Crippen LogP contribution in [0.4, 0.5) is 20.6 Å². The fraction of sp³-hybridized carbons (Fsp3) is 0.409. The Morgan fingerprint density at radius 3 is 2.64 bits per heavy atom. The lowest BCUT2D eigenvalue weighted by Gasteiger charge is -2.37. The van der Waals surface area contributed by atoms with E-state index >= 15 is 0 Å². The van der Waals surface area contributed by atoms with E-state index in [-0.39, 0.29) is 19.0 Å². The van der Waals surface area contributed by atoms with Gasteiger partial charge in [-0.15, -0.1) is 0 Å². The molecule has 1 atom stereocenters. The zero-order valence-corrected chi connectivity index (χ0v) is 19.3. The number of amides is 2. The largest absolute Gasteiger partial charge is 0.442 e. The van der Waals surface area contributed by atoms with Crippen LogP contribution in [0.5, 0.6) is 0 Å². The van der Waals surface area contributed by atoms with Gasteiger partial charge in [-0.05, 0) is 25.1 Å². The lowest BCUT2D eigenvalue weighted by Crippen LogP contribution is -2.49. The first-order valence-electron chi connectivity index (χ1n) is 10.7. The summed E-state index contributed by atoms with van der Waals surface area (Å²) in [6, 6.07) is 4.73. The summed E-state index contributed by atoms with van der Waals surface area (Å²) in [4.78, 5) is 37.9. The van der Waals surface area contributed by atoms with Gasteiger partial charge < -0.3 is 19.9 Å². The zero-order chi connectivity index (χ0) is 23.5. The molecule has 0 bridgehead atoms. The maximum atomic E-state index is 15.0. The highest BCUT2D eigenvalue weighted by Crippen LogP contribution is 2.28. The molecular weight excluding hydrogens is 447 g/mol. The molecule has 1 N–H and O–H groups in total. The summed E-state index contributed by atoms with van der Waals surface area (Å²) >= 11 is 5.56. The summed E-state index contributed by atoms with van der Waals surface area (Å²) in [5, 5.41) is 2.62. The SMILES string of the molecule is CC(=O)NCC1CN(c2ccc(N3CCN(C(=S)c4cnc(C)cn4)CC3)c(F)c2)C(=O)O1. The van der Waals surface area contributed by atoms with E-state index in [1.165, 1.54) is 17.9 Å². The minimum absolute atomic E-state index is 0.201. The number of carbonyl (C=O) groups is 2. The second-order valence-electron chi connectivity index (χ2n) is 8.01. The standard InChI is InChI=1S/C22H25FN6O3S/c1-14-10-26-19(12-24-14)21(33)28-7-5-27(6-8-28)20-4-3-16(9-18(20)23)29-13-17(32-22(29)31)11-25-15(2)30/h3-4,9-10,12,17H,5-8,11,13H2,1-2H3,(H,25,30). The van der Waals surface area contributed by atoms with Crippen LogP contribution in [0.25, 0.3) is 0 Å². The lowest BCUT2D eigenvalue weighted by molar-refractivity contribution is -0.119. The number of hydrogen-bond donors (Lipinski definition) is 1. The first kappa shape index (κ1) is 22.8. The number of nitrogens with one attached hydrogen (secondary N) is 1. The van der Waals surface area contributed by atoms with Crippen LogP contribution >= 0.6 is 12.2 Å². The first-order chi connectivity index (χ1) is 15.8. The number of cyclic esters (lactones) is 1. The maximum Gasteiger partial charge on any atom is 0.414 e. The van der Waals surface area contributed by atoms with Gasteiger partial charge in [-0.1, -0.05) is 12.2 Å². The average Bonchev–Trinajstić information content (AvgIpc) is 3.18. The number of benzene rings is 1. The molecule has 174 valence electrons. The Kier molecular flexibility index (Phi) is 6.68. The third-order valence-electron chi connectivity index (χ3n) is 5.60. The van der Waals surface area contributed by atoms with E-state index in [1.54, 1.807) is 24.5 Å². The third-order valence-corrected chi connectivity index (χ3v) is 6.07. The summed E-state index contributed by atoms with van der Waals surface area (Å²) in [6.45, 7) is 6.20. The predicted molar refractivity (Wildman–Crippen MR) is 125 cm³/mol. The van der Waals surface area contributed by atoms with Crippen LogP contribution in [-0.4, -0.2) is 77.2 Å². The van der Waals surface area contributed by atoms with Crippen LogP contribution in [0.1, 0.15) is 18.3 Å². The summed E-state index contributed by atoms with van der Waals surface area (Å²) in [7, 11) is 0. The topological polar surface area (TPSA) is 90.9 Å². The average molecular weight is 473 g/mol. The molecule has 9 nitrogen and oxygen atoms in total. The van der Waals surface area contributed by atoms with Gasteiger partial charge in [-0.3, -0.25) is 19.7 Å². The number of thiocarbonyl (C=S) groups is 1. The van der Waals surface area contributed by atoms with Crippen LogP contribution < -0.4 is 15.1 Å². The van der Waals surface area contributed by atoms with E-state index in [4.69, 9.17) is 17.0 Å². The minimum atomic E-state index is -0.557. The van der Waals surface area contributed by atoms with E-state index in [1.807, 2.05) is 16.7 Å². The van der Waals surface area contributed by atoms with Gasteiger partial charge >= 0.3 is 6.09 Å². The number of aromatic nitrogens is 2. The fourth-order valence-corrected chi connectivity index (χ4v) is 4.12. The molecule has 0 aliphatic carbocycles. The summed E-state index contributed by atoms with van der Waals surface area (Å²) < 4.78 is 20.2. The lowest BCUT2D eigenvalue weighted by atomic mass is 10.2. The Labute approximate surface area is 196 Å². The molecule has 1 aromatic carbocycles. The van der Waals surface area contributed by atoms with Crippen molar-refractivity contribution in [3.63, 3.8) is 0 Å². The molecular formula is C22H25FN6O3S. The molecule has 2 aliphatic rings. The molecule has 1 unspecified atom stereocenters. The van der Waals surface area contributed by atoms with E-state index in [2.05, 4.69) is 15.3 Å². The number of carbonyl (C=O) groups excluding carboxylic acids is 2. The van der Waals surface area contributed by atoms with Crippen LogP contribution in [0.15, 0.2) is 30.6 Å². The minimum Gasteiger partial charge on any atom is -0.442 e. The number of ether oxygens (including phenoxy) is 1. The van der Waals surface area contributed by atoms with Crippen LogP contribution in [0, 0.1) is 12.7 Å². The smallest absolute Gasteiger partial charge is 0.414 e. The van der Waals surface area contributed by atoms with Gasteiger partial charge in [-0.2, -0.15) is 0 Å². The molecule has 33 heavy (non-hydrogen) atoms. The quantitative estimate of drug-likeness (QED) is 0.660. The second kappa shape index (κ2) is 9.65. The van der Waals surface area contributed by atoms with E-state index in [0.717, 1.165) is 5.69 Å². The van der Waals surface area contributed by atoms with Crippen molar-refractivity contribution in [1.29, 1.82) is 0 Å². The highest BCUT2D eigenvalue weighted by atomic mass is 32.1. The van der Waals surface area contributed by atoms with Gasteiger partial charge in [0.2, 0.25) is 5.91 Å².